The third-order valence-corrected chi connectivity index (χ3v) is 4.73. The summed E-state index contributed by atoms with van der Waals surface area (Å²) < 4.78 is 14.0. The van der Waals surface area contributed by atoms with Crippen LogP contribution >= 0.6 is 11.8 Å². The van der Waals surface area contributed by atoms with Crippen LogP contribution in [0.15, 0.2) is 18.2 Å². The van der Waals surface area contributed by atoms with Gasteiger partial charge in [0.25, 0.3) is 0 Å². The van der Waals surface area contributed by atoms with Gasteiger partial charge in [0.2, 0.25) is 0 Å². The third-order valence-electron chi connectivity index (χ3n) is 3.39. The van der Waals surface area contributed by atoms with Crippen LogP contribution in [-0.2, 0) is 0 Å². The number of carbonyl (C=O) groups is 1. The van der Waals surface area contributed by atoms with Gasteiger partial charge in [0, 0.05) is 23.6 Å². The molecule has 2 atom stereocenters. The van der Waals surface area contributed by atoms with E-state index in [1.54, 1.807) is 0 Å². The molecule has 0 bridgehead atoms. The summed E-state index contributed by atoms with van der Waals surface area (Å²) in [4.78, 5) is 13.1. The summed E-state index contributed by atoms with van der Waals surface area (Å²) >= 11 is 1.83. The lowest BCUT2D eigenvalue weighted by molar-refractivity contribution is 0.0697. The lowest BCUT2D eigenvalue weighted by Gasteiger charge is -2.39. The van der Waals surface area contributed by atoms with Crippen LogP contribution < -0.4 is 4.90 Å². The number of thioether (sulfide) groups is 1. The number of rotatable bonds is 2. The average molecular weight is 269 g/mol. The first-order valence-electron chi connectivity index (χ1n) is 5.92. The number of aromatic carboxylic acids is 1. The Balaban J connectivity index is 2.46. The molecule has 2 unspecified atom stereocenters. The van der Waals surface area contributed by atoms with Crippen molar-refractivity contribution in [3.63, 3.8) is 0 Å². The summed E-state index contributed by atoms with van der Waals surface area (Å²) in [5.74, 6) is -0.651. The van der Waals surface area contributed by atoms with E-state index in [9.17, 15) is 14.3 Å². The Hall–Kier alpha value is -1.23. The quantitative estimate of drug-likeness (QED) is 0.896. The molecule has 0 aliphatic carbocycles. The normalized spacial score (nSPS) is 24.1. The molecule has 1 aliphatic rings. The molecule has 3 nitrogen and oxygen atoms in total. The molecule has 0 spiro atoms. The Bertz CT molecular complexity index is 466. The predicted octanol–water partition coefficient (Wildman–Crippen LogP) is 2.85. The molecule has 1 saturated heterocycles. The van der Waals surface area contributed by atoms with Gasteiger partial charge in [-0.2, -0.15) is 11.8 Å². The standard InChI is InChI=1S/C13H16FNO2S/c1-8-9(2)18-7-6-15(8)12-10(13(16)17)4-3-5-11(12)14/h3-5,8-9H,6-7H2,1-2H3,(H,16,17). The van der Waals surface area contributed by atoms with E-state index >= 15 is 0 Å². The number of benzene rings is 1. The molecule has 1 aromatic rings. The van der Waals surface area contributed by atoms with E-state index < -0.39 is 11.8 Å². The minimum Gasteiger partial charge on any atom is -0.478 e. The van der Waals surface area contributed by atoms with Gasteiger partial charge in [0.15, 0.2) is 0 Å². The van der Waals surface area contributed by atoms with Crippen molar-refractivity contribution in [2.24, 2.45) is 0 Å². The van der Waals surface area contributed by atoms with E-state index in [0.29, 0.717) is 11.8 Å². The zero-order valence-electron chi connectivity index (χ0n) is 10.4. The number of nitrogens with zero attached hydrogens (tertiary/aromatic N) is 1. The van der Waals surface area contributed by atoms with Gasteiger partial charge < -0.3 is 10.0 Å². The zero-order valence-corrected chi connectivity index (χ0v) is 11.2. The smallest absolute Gasteiger partial charge is 0.337 e. The van der Waals surface area contributed by atoms with Crippen LogP contribution in [0.25, 0.3) is 0 Å². The van der Waals surface area contributed by atoms with E-state index in [-0.39, 0.29) is 17.3 Å². The molecule has 0 radical (unpaired) electrons. The van der Waals surface area contributed by atoms with Gasteiger partial charge in [0.1, 0.15) is 5.82 Å². The Morgan fingerprint density at radius 2 is 2.22 bits per heavy atom. The summed E-state index contributed by atoms with van der Waals surface area (Å²) in [5, 5.41) is 9.54. The first-order chi connectivity index (χ1) is 8.52. The monoisotopic (exact) mass is 269 g/mol. The van der Waals surface area contributed by atoms with Gasteiger partial charge >= 0.3 is 5.97 Å². The molecule has 0 saturated carbocycles. The average Bonchev–Trinajstić information content (AvgIpc) is 2.33. The number of hydrogen-bond donors (Lipinski definition) is 1. The molecule has 18 heavy (non-hydrogen) atoms. The van der Waals surface area contributed by atoms with Crippen molar-refractivity contribution in [1.82, 2.24) is 0 Å². The summed E-state index contributed by atoms with van der Waals surface area (Å²) in [6, 6.07) is 4.34. The molecular formula is C13H16FNO2S. The van der Waals surface area contributed by atoms with E-state index in [0.717, 1.165) is 5.75 Å². The van der Waals surface area contributed by atoms with E-state index in [1.807, 2.05) is 23.6 Å². The van der Waals surface area contributed by atoms with Crippen LogP contribution in [0.1, 0.15) is 24.2 Å². The highest BCUT2D eigenvalue weighted by atomic mass is 32.2. The van der Waals surface area contributed by atoms with E-state index in [1.165, 1.54) is 18.2 Å². The van der Waals surface area contributed by atoms with Crippen molar-refractivity contribution in [3.05, 3.63) is 29.6 Å². The Labute approximate surface area is 110 Å². The Morgan fingerprint density at radius 1 is 1.50 bits per heavy atom. The van der Waals surface area contributed by atoms with Crippen LogP contribution in [0.5, 0.6) is 0 Å². The Morgan fingerprint density at radius 3 is 2.89 bits per heavy atom. The summed E-state index contributed by atoms with van der Waals surface area (Å²) in [6.45, 7) is 4.77. The van der Waals surface area contributed by atoms with Crippen molar-refractivity contribution in [1.29, 1.82) is 0 Å². The number of hydrogen-bond acceptors (Lipinski definition) is 3. The highest BCUT2D eigenvalue weighted by Crippen LogP contribution is 2.33. The van der Waals surface area contributed by atoms with E-state index in [2.05, 4.69) is 6.92 Å². The van der Waals surface area contributed by atoms with Gasteiger partial charge in [-0.25, -0.2) is 9.18 Å². The summed E-state index contributed by atoms with van der Waals surface area (Å²) in [7, 11) is 0. The molecule has 1 aliphatic heterocycles. The van der Waals surface area contributed by atoms with Gasteiger partial charge in [-0.15, -0.1) is 0 Å². The first-order valence-corrected chi connectivity index (χ1v) is 6.97. The van der Waals surface area contributed by atoms with Crippen molar-refractivity contribution in [2.75, 3.05) is 17.2 Å². The van der Waals surface area contributed by atoms with Crippen LogP contribution in [0, 0.1) is 5.82 Å². The number of carboxylic acid groups (broad SMARTS) is 1. The molecule has 1 N–H and O–H groups in total. The van der Waals surface area contributed by atoms with Crippen molar-refractivity contribution >= 4 is 23.4 Å². The molecule has 2 rings (SSSR count). The van der Waals surface area contributed by atoms with Crippen molar-refractivity contribution in [2.45, 2.75) is 25.1 Å². The fourth-order valence-corrected chi connectivity index (χ4v) is 3.33. The van der Waals surface area contributed by atoms with Gasteiger partial charge in [-0.1, -0.05) is 13.0 Å². The molecule has 1 heterocycles. The second-order valence-electron chi connectivity index (χ2n) is 4.45. The Kier molecular flexibility index (Phi) is 3.80. The first kappa shape index (κ1) is 13.2. The van der Waals surface area contributed by atoms with Gasteiger partial charge in [0.05, 0.1) is 11.3 Å². The molecule has 5 heteroatoms. The summed E-state index contributed by atoms with van der Waals surface area (Å²) in [5.41, 5.74) is 0.269. The number of carboxylic acids is 1. The fraction of sp³-hybridized carbons (Fsp3) is 0.462. The molecule has 0 amide bonds. The van der Waals surface area contributed by atoms with Crippen LogP contribution in [-0.4, -0.2) is 34.7 Å². The SMILES string of the molecule is CC1SCCN(c2c(F)cccc2C(=O)O)C1C. The maximum atomic E-state index is 14.0. The minimum absolute atomic E-state index is 0.0425. The van der Waals surface area contributed by atoms with Crippen molar-refractivity contribution < 1.29 is 14.3 Å². The van der Waals surface area contributed by atoms with Crippen molar-refractivity contribution in [3.8, 4) is 0 Å². The highest BCUT2D eigenvalue weighted by Gasteiger charge is 2.30. The maximum Gasteiger partial charge on any atom is 0.337 e. The van der Waals surface area contributed by atoms with Crippen LogP contribution in [0.2, 0.25) is 0 Å². The number of anilines is 1. The molecule has 1 fully saturated rings. The molecular weight excluding hydrogens is 253 g/mol. The summed E-state index contributed by atoms with van der Waals surface area (Å²) in [6.07, 6.45) is 0. The van der Waals surface area contributed by atoms with Gasteiger partial charge in [-0.3, -0.25) is 0 Å². The van der Waals surface area contributed by atoms with Crippen LogP contribution in [0.4, 0.5) is 10.1 Å². The number of para-hydroxylation sites is 1. The van der Waals surface area contributed by atoms with Crippen LogP contribution in [0.3, 0.4) is 0 Å². The third kappa shape index (κ3) is 2.32. The second kappa shape index (κ2) is 5.18. The lowest BCUT2D eigenvalue weighted by Crippen LogP contribution is -2.45. The topological polar surface area (TPSA) is 40.5 Å². The molecule has 1 aromatic carbocycles. The highest BCUT2D eigenvalue weighted by molar-refractivity contribution is 8.00. The fourth-order valence-electron chi connectivity index (χ4n) is 2.23. The van der Waals surface area contributed by atoms with Gasteiger partial charge in [-0.05, 0) is 19.1 Å². The number of halogens is 1. The van der Waals surface area contributed by atoms with E-state index in [4.69, 9.17) is 0 Å². The largest absolute Gasteiger partial charge is 0.478 e. The predicted molar refractivity (Wildman–Crippen MR) is 72.1 cm³/mol. The molecule has 98 valence electrons. The molecule has 0 aromatic heterocycles. The lowest BCUT2D eigenvalue weighted by atomic mass is 10.1. The second-order valence-corrected chi connectivity index (χ2v) is 5.94. The maximum absolute atomic E-state index is 14.0. The zero-order chi connectivity index (χ0) is 13.3. The minimum atomic E-state index is -1.08.